The van der Waals surface area contributed by atoms with Crippen LogP contribution in [0.1, 0.15) is 37.4 Å². The van der Waals surface area contributed by atoms with Crippen molar-refractivity contribution in [1.82, 2.24) is 15.1 Å². The summed E-state index contributed by atoms with van der Waals surface area (Å²) in [6.45, 7) is 5.23. The highest BCUT2D eigenvalue weighted by Crippen LogP contribution is 2.26. The van der Waals surface area contributed by atoms with Crippen molar-refractivity contribution in [2.75, 3.05) is 7.11 Å². The lowest BCUT2D eigenvalue weighted by Gasteiger charge is -2.12. The summed E-state index contributed by atoms with van der Waals surface area (Å²) in [6, 6.07) is 0.661. The van der Waals surface area contributed by atoms with Crippen LogP contribution in [-0.4, -0.2) is 22.9 Å². The standard InChI is InChI=1S/C13H23N3O/c1-9-5-6-11(7-9)14-8-12-10(2)15-16(3)13(12)17-4/h9,11,14H,5-8H2,1-4H3. The van der Waals surface area contributed by atoms with Crippen molar-refractivity contribution in [2.45, 2.75) is 45.7 Å². The Morgan fingerprint density at radius 1 is 1.47 bits per heavy atom. The smallest absolute Gasteiger partial charge is 0.216 e. The van der Waals surface area contributed by atoms with E-state index in [0.29, 0.717) is 6.04 Å². The Hall–Kier alpha value is -1.03. The Kier molecular flexibility index (Phi) is 3.72. The van der Waals surface area contributed by atoms with Crippen LogP contribution in [0.15, 0.2) is 0 Å². The van der Waals surface area contributed by atoms with E-state index in [1.54, 1.807) is 7.11 Å². The number of hydrogen-bond acceptors (Lipinski definition) is 3. The molecule has 96 valence electrons. The van der Waals surface area contributed by atoms with Gasteiger partial charge in [0.15, 0.2) is 0 Å². The van der Waals surface area contributed by atoms with Gasteiger partial charge < -0.3 is 10.1 Å². The van der Waals surface area contributed by atoms with Gasteiger partial charge in [-0.2, -0.15) is 5.10 Å². The van der Waals surface area contributed by atoms with E-state index in [1.807, 2.05) is 18.7 Å². The largest absolute Gasteiger partial charge is 0.481 e. The van der Waals surface area contributed by atoms with E-state index >= 15 is 0 Å². The molecule has 2 unspecified atom stereocenters. The minimum Gasteiger partial charge on any atom is -0.481 e. The average molecular weight is 237 g/mol. The first-order valence-corrected chi connectivity index (χ1v) is 6.41. The number of methoxy groups -OCH3 is 1. The van der Waals surface area contributed by atoms with E-state index in [1.165, 1.54) is 24.8 Å². The van der Waals surface area contributed by atoms with Crippen molar-refractivity contribution in [1.29, 1.82) is 0 Å². The van der Waals surface area contributed by atoms with Gasteiger partial charge in [0.2, 0.25) is 5.88 Å². The molecule has 0 spiro atoms. The molecule has 0 bridgehead atoms. The number of nitrogens with zero attached hydrogens (tertiary/aromatic N) is 2. The second-order valence-electron chi connectivity index (χ2n) is 5.19. The van der Waals surface area contributed by atoms with Crippen LogP contribution in [0.3, 0.4) is 0 Å². The maximum absolute atomic E-state index is 5.39. The molecular formula is C13H23N3O. The summed E-state index contributed by atoms with van der Waals surface area (Å²) in [7, 11) is 3.63. The summed E-state index contributed by atoms with van der Waals surface area (Å²) < 4.78 is 7.20. The van der Waals surface area contributed by atoms with Gasteiger partial charge in [0.05, 0.1) is 18.4 Å². The van der Waals surface area contributed by atoms with E-state index < -0.39 is 0 Å². The normalized spacial score (nSPS) is 24.2. The van der Waals surface area contributed by atoms with Gasteiger partial charge in [0, 0.05) is 19.6 Å². The first-order valence-electron chi connectivity index (χ1n) is 6.41. The minimum atomic E-state index is 0.661. The van der Waals surface area contributed by atoms with Crippen LogP contribution < -0.4 is 10.1 Å². The fourth-order valence-corrected chi connectivity index (χ4v) is 2.78. The van der Waals surface area contributed by atoms with Crippen LogP contribution >= 0.6 is 0 Å². The fraction of sp³-hybridized carbons (Fsp3) is 0.769. The molecule has 1 saturated carbocycles. The van der Waals surface area contributed by atoms with Crippen molar-refractivity contribution in [3.05, 3.63) is 11.3 Å². The number of aromatic nitrogens is 2. The van der Waals surface area contributed by atoms with E-state index in [9.17, 15) is 0 Å². The summed E-state index contributed by atoms with van der Waals surface area (Å²) >= 11 is 0. The van der Waals surface area contributed by atoms with E-state index in [4.69, 9.17) is 4.74 Å². The summed E-state index contributed by atoms with van der Waals surface area (Å²) in [4.78, 5) is 0. The van der Waals surface area contributed by atoms with Gasteiger partial charge in [-0.25, -0.2) is 4.68 Å². The number of hydrogen-bond donors (Lipinski definition) is 1. The van der Waals surface area contributed by atoms with Gasteiger partial charge in [-0.3, -0.25) is 0 Å². The molecule has 0 radical (unpaired) electrons. The quantitative estimate of drug-likeness (QED) is 0.870. The molecule has 4 nitrogen and oxygen atoms in total. The predicted octanol–water partition coefficient (Wildman–Crippen LogP) is 2.02. The summed E-state index contributed by atoms with van der Waals surface area (Å²) in [6.07, 6.45) is 3.94. The third-order valence-electron chi connectivity index (χ3n) is 3.74. The van der Waals surface area contributed by atoms with Crippen molar-refractivity contribution in [2.24, 2.45) is 13.0 Å². The summed E-state index contributed by atoms with van der Waals surface area (Å²) in [5.74, 6) is 1.74. The number of aryl methyl sites for hydroxylation is 2. The maximum atomic E-state index is 5.39. The molecule has 1 aliphatic rings. The van der Waals surface area contributed by atoms with E-state index in [-0.39, 0.29) is 0 Å². The van der Waals surface area contributed by atoms with Gasteiger partial charge in [-0.1, -0.05) is 6.92 Å². The molecule has 1 aromatic heterocycles. The zero-order valence-corrected chi connectivity index (χ0v) is 11.3. The Balaban J connectivity index is 1.99. The summed E-state index contributed by atoms with van der Waals surface area (Å²) in [5, 5.41) is 8.02. The Morgan fingerprint density at radius 2 is 2.24 bits per heavy atom. The molecule has 17 heavy (non-hydrogen) atoms. The van der Waals surface area contributed by atoms with E-state index in [0.717, 1.165) is 24.0 Å². The highest BCUT2D eigenvalue weighted by molar-refractivity contribution is 5.30. The SMILES string of the molecule is COc1c(CNC2CCC(C)C2)c(C)nn1C. The average Bonchev–Trinajstić information content (AvgIpc) is 2.80. The van der Waals surface area contributed by atoms with Crippen molar-refractivity contribution >= 4 is 0 Å². The second kappa shape index (κ2) is 5.08. The lowest BCUT2D eigenvalue weighted by Crippen LogP contribution is -2.26. The molecular weight excluding hydrogens is 214 g/mol. The van der Waals surface area contributed by atoms with Crippen LogP contribution in [0.5, 0.6) is 5.88 Å². The second-order valence-corrected chi connectivity index (χ2v) is 5.19. The van der Waals surface area contributed by atoms with Gasteiger partial charge in [-0.15, -0.1) is 0 Å². The lowest BCUT2D eigenvalue weighted by atomic mass is 10.1. The first kappa shape index (κ1) is 12.4. The number of nitrogens with one attached hydrogen (secondary N) is 1. The predicted molar refractivity (Wildman–Crippen MR) is 68.1 cm³/mol. The monoisotopic (exact) mass is 237 g/mol. The minimum absolute atomic E-state index is 0.661. The number of rotatable bonds is 4. The van der Waals surface area contributed by atoms with Crippen LogP contribution in [0.4, 0.5) is 0 Å². The van der Waals surface area contributed by atoms with Gasteiger partial charge in [0.25, 0.3) is 0 Å². The van der Waals surface area contributed by atoms with Crippen LogP contribution in [0, 0.1) is 12.8 Å². The third-order valence-corrected chi connectivity index (χ3v) is 3.74. The fourth-order valence-electron chi connectivity index (χ4n) is 2.78. The Bertz CT molecular complexity index is 386. The van der Waals surface area contributed by atoms with Crippen LogP contribution in [0.25, 0.3) is 0 Å². The lowest BCUT2D eigenvalue weighted by molar-refractivity contribution is 0.366. The molecule has 2 atom stereocenters. The molecule has 1 aliphatic carbocycles. The molecule has 1 heterocycles. The first-order chi connectivity index (χ1) is 8.11. The molecule has 4 heteroatoms. The highest BCUT2D eigenvalue weighted by atomic mass is 16.5. The maximum Gasteiger partial charge on any atom is 0.216 e. The molecule has 1 N–H and O–H groups in total. The zero-order chi connectivity index (χ0) is 12.4. The van der Waals surface area contributed by atoms with Crippen molar-refractivity contribution in [3.63, 3.8) is 0 Å². The van der Waals surface area contributed by atoms with Gasteiger partial charge in [-0.05, 0) is 32.1 Å². The molecule has 0 amide bonds. The van der Waals surface area contributed by atoms with Gasteiger partial charge in [0.1, 0.15) is 0 Å². The highest BCUT2D eigenvalue weighted by Gasteiger charge is 2.22. The van der Waals surface area contributed by atoms with E-state index in [2.05, 4.69) is 17.3 Å². The summed E-state index contributed by atoms with van der Waals surface area (Å²) in [5.41, 5.74) is 2.25. The van der Waals surface area contributed by atoms with Crippen LogP contribution in [-0.2, 0) is 13.6 Å². The van der Waals surface area contributed by atoms with Crippen molar-refractivity contribution in [3.8, 4) is 5.88 Å². The molecule has 1 fully saturated rings. The molecule has 0 aliphatic heterocycles. The van der Waals surface area contributed by atoms with Crippen molar-refractivity contribution < 1.29 is 4.74 Å². The Morgan fingerprint density at radius 3 is 2.82 bits per heavy atom. The van der Waals surface area contributed by atoms with Gasteiger partial charge >= 0.3 is 0 Å². The molecule has 2 rings (SSSR count). The third kappa shape index (κ3) is 2.63. The molecule has 0 aromatic carbocycles. The molecule has 1 aromatic rings. The zero-order valence-electron chi connectivity index (χ0n) is 11.3. The topological polar surface area (TPSA) is 39.1 Å². The van der Waals surface area contributed by atoms with Crippen LogP contribution in [0.2, 0.25) is 0 Å². The molecule has 0 saturated heterocycles. The Labute approximate surface area is 103 Å². The number of ether oxygens (including phenoxy) is 1.